The van der Waals surface area contributed by atoms with Crippen molar-refractivity contribution in [2.75, 3.05) is 12.3 Å². The van der Waals surface area contributed by atoms with Crippen molar-refractivity contribution in [1.29, 1.82) is 0 Å². The van der Waals surface area contributed by atoms with Crippen LogP contribution < -0.4 is 16.0 Å². The van der Waals surface area contributed by atoms with Gasteiger partial charge in [0.15, 0.2) is 0 Å². The zero-order valence-corrected chi connectivity index (χ0v) is 14.6. The molecule has 3 rings (SSSR count). The Kier molecular flexibility index (Phi) is 6.01. The molecule has 1 aromatic rings. The molecule has 0 unspecified atom stereocenters. The highest BCUT2D eigenvalue weighted by atomic mass is 32.2. The molecule has 0 saturated carbocycles. The van der Waals surface area contributed by atoms with E-state index in [1.165, 1.54) is 5.56 Å². The van der Waals surface area contributed by atoms with Crippen LogP contribution in [0.3, 0.4) is 0 Å². The van der Waals surface area contributed by atoms with Gasteiger partial charge in [-0.25, -0.2) is 4.79 Å². The van der Waals surface area contributed by atoms with Crippen LogP contribution in [-0.4, -0.2) is 41.6 Å². The molecule has 1 aromatic carbocycles. The Labute approximate surface area is 147 Å². The van der Waals surface area contributed by atoms with Gasteiger partial charge in [-0.15, -0.1) is 0 Å². The molecule has 6 heteroatoms. The molecule has 2 heterocycles. The normalized spacial score (nSPS) is 25.0. The minimum atomic E-state index is -0.0342. The maximum atomic E-state index is 11.9. The van der Waals surface area contributed by atoms with Crippen molar-refractivity contribution in [2.24, 2.45) is 0 Å². The lowest BCUT2D eigenvalue weighted by Gasteiger charge is -2.16. The van der Waals surface area contributed by atoms with Gasteiger partial charge in [-0.3, -0.25) is 4.79 Å². The molecule has 3 atom stereocenters. The summed E-state index contributed by atoms with van der Waals surface area (Å²) in [6, 6.07) is 10.7. The number of benzene rings is 1. The van der Waals surface area contributed by atoms with Gasteiger partial charge in [0.25, 0.3) is 0 Å². The summed E-state index contributed by atoms with van der Waals surface area (Å²) in [5.41, 5.74) is 1.25. The van der Waals surface area contributed by atoms with Gasteiger partial charge in [0, 0.05) is 24.0 Å². The molecule has 0 aromatic heterocycles. The van der Waals surface area contributed by atoms with Gasteiger partial charge in [0.05, 0.1) is 12.1 Å². The van der Waals surface area contributed by atoms with Crippen molar-refractivity contribution in [3.8, 4) is 0 Å². The third-order valence-electron chi connectivity index (χ3n) is 4.66. The van der Waals surface area contributed by atoms with Crippen LogP contribution in [-0.2, 0) is 11.2 Å². The van der Waals surface area contributed by atoms with Crippen molar-refractivity contribution in [1.82, 2.24) is 16.0 Å². The molecule has 2 aliphatic rings. The highest BCUT2D eigenvalue weighted by Crippen LogP contribution is 2.33. The molecule has 3 amide bonds. The van der Waals surface area contributed by atoms with Crippen LogP contribution in [0.1, 0.15) is 31.2 Å². The van der Waals surface area contributed by atoms with Crippen molar-refractivity contribution < 1.29 is 9.59 Å². The summed E-state index contributed by atoms with van der Waals surface area (Å²) in [4.78, 5) is 23.2. The maximum Gasteiger partial charge on any atom is 0.315 e. The van der Waals surface area contributed by atoms with Crippen molar-refractivity contribution in [3.05, 3.63) is 35.9 Å². The smallest absolute Gasteiger partial charge is 0.315 e. The standard InChI is InChI=1S/C18H25N3O2S/c22-16(19-11-10-13-6-2-1-3-7-13)9-5-4-8-15-17-14(12-24-15)20-18(23)21-17/h1-3,6-7,14-15,17H,4-5,8-12H2,(H,19,22)(H2,20,21,23)/t14-,15-,17-/m0/s1. The molecular weight excluding hydrogens is 322 g/mol. The summed E-state index contributed by atoms with van der Waals surface area (Å²) in [6.45, 7) is 0.697. The fourth-order valence-electron chi connectivity index (χ4n) is 3.35. The number of carbonyl (C=O) groups is 2. The van der Waals surface area contributed by atoms with E-state index in [1.807, 2.05) is 30.0 Å². The number of hydrogen-bond acceptors (Lipinski definition) is 3. The van der Waals surface area contributed by atoms with Crippen molar-refractivity contribution in [2.45, 2.75) is 49.4 Å². The zero-order chi connectivity index (χ0) is 16.8. The average molecular weight is 347 g/mol. The predicted molar refractivity (Wildman–Crippen MR) is 97.1 cm³/mol. The molecule has 0 aliphatic carbocycles. The molecule has 5 nitrogen and oxygen atoms in total. The Morgan fingerprint density at radius 2 is 2.04 bits per heavy atom. The van der Waals surface area contributed by atoms with E-state index in [2.05, 4.69) is 28.1 Å². The second-order valence-corrected chi connectivity index (χ2v) is 7.73. The van der Waals surface area contributed by atoms with Crippen LogP contribution in [0.15, 0.2) is 30.3 Å². The van der Waals surface area contributed by atoms with Crippen LogP contribution in [0.4, 0.5) is 4.79 Å². The van der Waals surface area contributed by atoms with E-state index in [-0.39, 0.29) is 24.0 Å². The Hall–Kier alpha value is -1.69. The Bertz CT molecular complexity index is 567. The fraction of sp³-hybridized carbons (Fsp3) is 0.556. The molecular formula is C18H25N3O2S. The van der Waals surface area contributed by atoms with Gasteiger partial charge in [-0.1, -0.05) is 36.8 Å². The molecule has 0 bridgehead atoms. The molecule has 2 fully saturated rings. The molecule has 130 valence electrons. The number of unbranched alkanes of at least 4 members (excludes halogenated alkanes) is 1. The summed E-state index contributed by atoms with van der Waals surface area (Å²) >= 11 is 1.93. The molecule has 2 aliphatic heterocycles. The first-order valence-electron chi connectivity index (χ1n) is 8.71. The first kappa shape index (κ1) is 17.1. The zero-order valence-electron chi connectivity index (χ0n) is 13.8. The monoisotopic (exact) mass is 347 g/mol. The third kappa shape index (κ3) is 4.66. The summed E-state index contributed by atoms with van der Waals surface area (Å²) in [6.07, 6.45) is 4.47. The number of urea groups is 1. The van der Waals surface area contributed by atoms with E-state index < -0.39 is 0 Å². The Morgan fingerprint density at radius 1 is 1.21 bits per heavy atom. The van der Waals surface area contributed by atoms with Crippen LogP contribution in [0.5, 0.6) is 0 Å². The predicted octanol–water partition coefficient (Wildman–Crippen LogP) is 2.07. The summed E-state index contributed by atoms with van der Waals surface area (Å²) in [7, 11) is 0. The van der Waals surface area contributed by atoms with E-state index in [0.29, 0.717) is 18.2 Å². The highest BCUT2D eigenvalue weighted by Gasteiger charge is 2.42. The van der Waals surface area contributed by atoms with Gasteiger partial charge in [-0.05, 0) is 24.8 Å². The van der Waals surface area contributed by atoms with Crippen LogP contribution >= 0.6 is 11.8 Å². The second-order valence-electron chi connectivity index (χ2n) is 6.45. The topological polar surface area (TPSA) is 70.2 Å². The second kappa shape index (κ2) is 8.42. The van der Waals surface area contributed by atoms with Crippen molar-refractivity contribution >= 4 is 23.7 Å². The SMILES string of the molecule is O=C(CCCC[C@@H]1SC[C@@H]2NC(=O)N[C@@H]21)NCCc1ccccc1. The van der Waals surface area contributed by atoms with Crippen LogP contribution in [0.2, 0.25) is 0 Å². The lowest BCUT2D eigenvalue weighted by molar-refractivity contribution is -0.121. The molecule has 0 spiro atoms. The van der Waals surface area contributed by atoms with E-state index in [9.17, 15) is 9.59 Å². The number of hydrogen-bond donors (Lipinski definition) is 3. The summed E-state index contributed by atoms with van der Waals surface area (Å²) < 4.78 is 0. The fourth-order valence-corrected chi connectivity index (χ4v) is 4.90. The van der Waals surface area contributed by atoms with E-state index in [1.54, 1.807) is 0 Å². The lowest BCUT2D eigenvalue weighted by atomic mass is 10.0. The first-order chi connectivity index (χ1) is 11.7. The van der Waals surface area contributed by atoms with E-state index >= 15 is 0 Å². The highest BCUT2D eigenvalue weighted by molar-refractivity contribution is 8.00. The van der Waals surface area contributed by atoms with E-state index in [0.717, 1.165) is 31.4 Å². The first-order valence-corrected chi connectivity index (χ1v) is 9.76. The molecule has 24 heavy (non-hydrogen) atoms. The number of carbonyl (C=O) groups excluding carboxylic acids is 2. The Balaban J connectivity index is 1.25. The summed E-state index contributed by atoms with van der Waals surface area (Å²) in [5.74, 6) is 1.13. The minimum Gasteiger partial charge on any atom is -0.356 e. The number of thioether (sulfide) groups is 1. The number of nitrogens with one attached hydrogen (secondary N) is 3. The minimum absolute atomic E-state index is 0.0342. The third-order valence-corrected chi connectivity index (χ3v) is 6.17. The quantitative estimate of drug-likeness (QED) is 0.498. The average Bonchev–Trinajstić information content (AvgIpc) is 3.12. The molecule has 2 saturated heterocycles. The summed E-state index contributed by atoms with van der Waals surface area (Å²) in [5, 5.41) is 9.44. The largest absolute Gasteiger partial charge is 0.356 e. The molecule has 0 radical (unpaired) electrons. The lowest BCUT2D eigenvalue weighted by Crippen LogP contribution is -2.36. The van der Waals surface area contributed by atoms with Gasteiger partial charge in [0.2, 0.25) is 5.91 Å². The van der Waals surface area contributed by atoms with E-state index in [4.69, 9.17) is 0 Å². The maximum absolute atomic E-state index is 11.9. The van der Waals surface area contributed by atoms with Crippen LogP contribution in [0.25, 0.3) is 0 Å². The Morgan fingerprint density at radius 3 is 2.88 bits per heavy atom. The van der Waals surface area contributed by atoms with Gasteiger partial charge >= 0.3 is 6.03 Å². The van der Waals surface area contributed by atoms with Crippen LogP contribution in [0, 0.1) is 0 Å². The number of rotatable bonds is 8. The van der Waals surface area contributed by atoms with Gasteiger partial charge in [-0.2, -0.15) is 11.8 Å². The van der Waals surface area contributed by atoms with Crippen molar-refractivity contribution in [3.63, 3.8) is 0 Å². The number of fused-ring (bicyclic) bond motifs is 1. The van der Waals surface area contributed by atoms with Gasteiger partial charge < -0.3 is 16.0 Å². The number of amides is 3. The van der Waals surface area contributed by atoms with Gasteiger partial charge in [0.1, 0.15) is 0 Å². The molecule has 3 N–H and O–H groups in total.